The summed E-state index contributed by atoms with van der Waals surface area (Å²) in [6.45, 7) is 0. The van der Waals surface area contributed by atoms with E-state index >= 15 is 0 Å². The van der Waals surface area contributed by atoms with Crippen LogP contribution in [-0.4, -0.2) is 9.97 Å². The average Bonchev–Trinajstić information content (AvgIpc) is 2.81. The van der Waals surface area contributed by atoms with Gasteiger partial charge in [-0.05, 0) is 24.3 Å². The summed E-state index contributed by atoms with van der Waals surface area (Å²) in [6, 6.07) is 10.1. The second kappa shape index (κ2) is 4.31. The molecule has 1 aromatic carbocycles. The predicted octanol–water partition coefficient (Wildman–Crippen LogP) is 4.38. The number of halogens is 3. The maximum Gasteiger partial charge on any atom is 0.434 e. The highest BCUT2D eigenvalue weighted by molar-refractivity contribution is 7.21. The van der Waals surface area contributed by atoms with Gasteiger partial charge in [-0.2, -0.15) is 13.2 Å². The molecule has 0 atom stereocenters. The number of hydrogen-bond donors (Lipinski definition) is 0. The molecule has 2 aromatic heterocycles. The van der Waals surface area contributed by atoms with Crippen LogP contribution in [0.5, 0.6) is 0 Å². The molecule has 0 saturated heterocycles. The molecule has 0 fully saturated rings. The SMILES string of the molecule is FC(F)(F)c1ncccc1-c1nc2ccccc2s1. The first-order chi connectivity index (χ1) is 9.05. The molecule has 0 aliphatic carbocycles. The Hall–Kier alpha value is -1.95. The van der Waals surface area contributed by atoms with E-state index in [9.17, 15) is 13.2 Å². The van der Waals surface area contributed by atoms with Crippen molar-refractivity contribution in [3.05, 3.63) is 48.3 Å². The smallest absolute Gasteiger partial charge is 0.251 e. The molecule has 2 nitrogen and oxygen atoms in total. The highest BCUT2D eigenvalue weighted by Gasteiger charge is 2.36. The van der Waals surface area contributed by atoms with Gasteiger partial charge < -0.3 is 0 Å². The number of alkyl halides is 3. The first-order valence-electron chi connectivity index (χ1n) is 5.44. The van der Waals surface area contributed by atoms with Crippen molar-refractivity contribution in [2.45, 2.75) is 6.18 Å². The Labute approximate surface area is 110 Å². The van der Waals surface area contributed by atoms with Crippen LogP contribution in [-0.2, 0) is 6.18 Å². The summed E-state index contributed by atoms with van der Waals surface area (Å²) in [5.41, 5.74) is -0.176. The summed E-state index contributed by atoms with van der Waals surface area (Å²) in [6.07, 6.45) is -3.34. The van der Waals surface area contributed by atoms with Crippen molar-refractivity contribution in [1.29, 1.82) is 0 Å². The van der Waals surface area contributed by atoms with E-state index in [0.29, 0.717) is 10.5 Å². The topological polar surface area (TPSA) is 25.8 Å². The summed E-state index contributed by atoms with van der Waals surface area (Å²) in [7, 11) is 0. The van der Waals surface area contributed by atoms with Crippen molar-refractivity contribution in [2.24, 2.45) is 0 Å². The van der Waals surface area contributed by atoms with Crippen molar-refractivity contribution >= 4 is 21.6 Å². The number of hydrogen-bond acceptors (Lipinski definition) is 3. The van der Waals surface area contributed by atoms with Crippen LogP contribution in [0.25, 0.3) is 20.8 Å². The van der Waals surface area contributed by atoms with E-state index < -0.39 is 11.9 Å². The van der Waals surface area contributed by atoms with Gasteiger partial charge in [0, 0.05) is 11.8 Å². The zero-order valence-corrected chi connectivity index (χ0v) is 10.3. The molecule has 0 aliphatic heterocycles. The standard InChI is InChI=1S/C13H7F3N2S/c14-13(15,16)11-8(4-3-7-17-11)12-18-9-5-1-2-6-10(9)19-12/h1-7H. The summed E-state index contributed by atoms with van der Waals surface area (Å²) in [5, 5.41) is 0.335. The molecule has 3 rings (SSSR count). The third-order valence-electron chi connectivity index (χ3n) is 2.60. The highest BCUT2D eigenvalue weighted by atomic mass is 32.1. The maximum absolute atomic E-state index is 12.9. The molecule has 0 amide bonds. The van der Waals surface area contributed by atoms with Crippen molar-refractivity contribution in [1.82, 2.24) is 9.97 Å². The van der Waals surface area contributed by atoms with Gasteiger partial charge in [0.15, 0.2) is 5.69 Å². The Morgan fingerprint density at radius 3 is 2.53 bits per heavy atom. The zero-order valence-electron chi connectivity index (χ0n) is 9.48. The molecule has 0 radical (unpaired) electrons. The lowest BCUT2D eigenvalue weighted by molar-refractivity contribution is -0.140. The van der Waals surface area contributed by atoms with Gasteiger partial charge in [0.1, 0.15) is 5.01 Å². The second-order valence-corrected chi connectivity index (χ2v) is 4.91. The van der Waals surface area contributed by atoms with Crippen LogP contribution < -0.4 is 0 Å². The fourth-order valence-corrected chi connectivity index (χ4v) is 2.78. The van der Waals surface area contributed by atoms with Gasteiger partial charge in [-0.25, -0.2) is 4.98 Å². The lowest BCUT2D eigenvalue weighted by Gasteiger charge is -2.08. The molecule has 6 heteroatoms. The van der Waals surface area contributed by atoms with Crippen molar-refractivity contribution in [3.63, 3.8) is 0 Å². The summed E-state index contributed by atoms with van der Waals surface area (Å²) >= 11 is 1.23. The minimum absolute atomic E-state index is 0.0243. The van der Waals surface area contributed by atoms with E-state index in [-0.39, 0.29) is 5.56 Å². The van der Waals surface area contributed by atoms with Crippen LogP contribution in [0.1, 0.15) is 5.69 Å². The number of aromatic nitrogens is 2. The van der Waals surface area contributed by atoms with Crippen LogP contribution in [0.2, 0.25) is 0 Å². The Kier molecular flexibility index (Phi) is 2.74. The molecule has 0 aliphatic rings. The molecule has 0 saturated carbocycles. The molecule has 0 unspecified atom stereocenters. The van der Waals surface area contributed by atoms with Gasteiger partial charge in [-0.3, -0.25) is 4.98 Å². The first kappa shape index (κ1) is 12.1. The Bertz CT molecular complexity index is 701. The number of fused-ring (bicyclic) bond motifs is 1. The predicted molar refractivity (Wildman–Crippen MR) is 67.9 cm³/mol. The molecule has 2 heterocycles. The van der Waals surface area contributed by atoms with Crippen molar-refractivity contribution in [2.75, 3.05) is 0 Å². The van der Waals surface area contributed by atoms with Gasteiger partial charge in [0.05, 0.1) is 10.2 Å². The van der Waals surface area contributed by atoms with E-state index in [2.05, 4.69) is 9.97 Å². The Morgan fingerprint density at radius 1 is 1.00 bits per heavy atom. The van der Waals surface area contributed by atoms with Crippen LogP contribution in [0.4, 0.5) is 13.2 Å². The van der Waals surface area contributed by atoms with Gasteiger partial charge >= 0.3 is 6.18 Å². The summed E-state index contributed by atoms with van der Waals surface area (Å²) in [4.78, 5) is 7.67. The maximum atomic E-state index is 12.9. The van der Waals surface area contributed by atoms with Gasteiger partial charge in [-0.1, -0.05) is 12.1 Å². The third kappa shape index (κ3) is 2.19. The molecule has 0 spiro atoms. The fraction of sp³-hybridized carbons (Fsp3) is 0.0769. The summed E-state index contributed by atoms with van der Waals surface area (Å²) < 4.78 is 39.6. The zero-order chi connectivity index (χ0) is 13.5. The van der Waals surface area contributed by atoms with E-state index in [1.165, 1.54) is 23.5 Å². The fourth-order valence-electron chi connectivity index (χ4n) is 1.79. The number of benzene rings is 1. The molecule has 19 heavy (non-hydrogen) atoms. The van der Waals surface area contributed by atoms with Crippen LogP contribution in [0.15, 0.2) is 42.6 Å². The lowest BCUT2D eigenvalue weighted by atomic mass is 10.2. The van der Waals surface area contributed by atoms with Gasteiger partial charge in [0.25, 0.3) is 0 Å². The van der Waals surface area contributed by atoms with Gasteiger partial charge in [0.2, 0.25) is 0 Å². The van der Waals surface area contributed by atoms with E-state index in [0.717, 1.165) is 10.9 Å². The van der Waals surface area contributed by atoms with Crippen molar-refractivity contribution in [3.8, 4) is 10.6 Å². The van der Waals surface area contributed by atoms with Crippen LogP contribution >= 0.6 is 11.3 Å². The number of rotatable bonds is 1. The Morgan fingerprint density at radius 2 is 1.79 bits per heavy atom. The van der Waals surface area contributed by atoms with Crippen molar-refractivity contribution < 1.29 is 13.2 Å². The minimum Gasteiger partial charge on any atom is -0.251 e. The number of para-hydroxylation sites is 1. The third-order valence-corrected chi connectivity index (χ3v) is 3.67. The monoisotopic (exact) mass is 280 g/mol. The first-order valence-corrected chi connectivity index (χ1v) is 6.25. The average molecular weight is 280 g/mol. The van der Waals surface area contributed by atoms with Crippen LogP contribution in [0, 0.1) is 0 Å². The van der Waals surface area contributed by atoms with Crippen LogP contribution in [0.3, 0.4) is 0 Å². The minimum atomic E-state index is -4.48. The van der Waals surface area contributed by atoms with E-state index in [1.807, 2.05) is 12.1 Å². The quantitative estimate of drug-likeness (QED) is 0.661. The molecule has 3 aromatic rings. The molecule has 0 N–H and O–H groups in total. The molecule has 0 bridgehead atoms. The van der Waals surface area contributed by atoms with Gasteiger partial charge in [-0.15, -0.1) is 11.3 Å². The number of pyridine rings is 1. The molecular weight excluding hydrogens is 273 g/mol. The highest BCUT2D eigenvalue weighted by Crippen LogP contribution is 2.38. The van der Waals surface area contributed by atoms with E-state index in [4.69, 9.17) is 0 Å². The Balaban J connectivity index is 2.22. The largest absolute Gasteiger partial charge is 0.434 e. The lowest BCUT2D eigenvalue weighted by Crippen LogP contribution is -2.09. The summed E-state index contributed by atoms with van der Waals surface area (Å²) in [5.74, 6) is 0. The second-order valence-electron chi connectivity index (χ2n) is 3.88. The molecule has 96 valence electrons. The number of nitrogens with zero attached hydrogens (tertiary/aromatic N) is 2. The van der Waals surface area contributed by atoms with E-state index in [1.54, 1.807) is 12.1 Å². The number of thiazole rings is 1. The normalized spacial score (nSPS) is 11.9. The molecular formula is C13H7F3N2S.